The molecule has 3 nitrogen and oxygen atoms in total. The van der Waals surface area contributed by atoms with Gasteiger partial charge in [-0.15, -0.1) is 0 Å². The minimum absolute atomic E-state index is 0.0263. The number of hydrogen-bond donors (Lipinski definition) is 1. The van der Waals surface area contributed by atoms with Crippen molar-refractivity contribution in [1.29, 1.82) is 0 Å². The lowest BCUT2D eigenvalue weighted by Crippen LogP contribution is -2.17. The minimum atomic E-state index is -0.567. The van der Waals surface area contributed by atoms with E-state index in [9.17, 15) is 9.18 Å². The third-order valence-corrected chi connectivity index (χ3v) is 2.83. The maximum absolute atomic E-state index is 13.1. The number of benzene rings is 1. The number of ether oxygens (including phenoxy) is 1. The molecule has 1 atom stereocenters. The number of carbonyl (C=O) groups is 1. The van der Waals surface area contributed by atoms with Gasteiger partial charge >= 0.3 is 5.97 Å². The van der Waals surface area contributed by atoms with Crippen LogP contribution in [0.2, 0.25) is 0 Å². The lowest BCUT2D eigenvalue weighted by molar-refractivity contribution is -0.141. The quantitative estimate of drug-likeness (QED) is 0.860. The molecule has 0 aliphatic carbocycles. The second-order valence-electron chi connectivity index (χ2n) is 3.03. The lowest BCUT2D eigenvalue weighted by atomic mass is 10.0. The summed E-state index contributed by atoms with van der Waals surface area (Å²) in [6, 6.07) is 3.97. The fourth-order valence-electron chi connectivity index (χ4n) is 1.18. The molecular formula is C10H11BrFNO2. The minimum Gasteiger partial charge on any atom is -0.469 e. The van der Waals surface area contributed by atoms with Crippen molar-refractivity contribution in [3.05, 3.63) is 34.1 Å². The van der Waals surface area contributed by atoms with Gasteiger partial charge in [-0.1, -0.05) is 12.1 Å². The second kappa shape index (κ2) is 5.23. The van der Waals surface area contributed by atoms with Crippen LogP contribution in [0.3, 0.4) is 0 Å². The van der Waals surface area contributed by atoms with Crippen LogP contribution in [-0.2, 0) is 9.53 Å². The first-order chi connectivity index (χ1) is 7.06. The van der Waals surface area contributed by atoms with E-state index in [1.54, 1.807) is 12.1 Å². The highest BCUT2D eigenvalue weighted by Gasteiger charge is 2.16. The molecule has 15 heavy (non-hydrogen) atoms. The van der Waals surface area contributed by atoms with Crippen molar-refractivity contribution in [2.75, 3.05) is 7.11 Å². The smallest absolute Gasteiger partial charge is 0.307 e. The lowest BCUT2D eigenvalue weighted by Gasteiger charge is -2.12. The molecule has 0 aromatic heterocycles. The predicted molar refractivity (Wildman–Crippen MR) is 57.7 cm³/mol. The molecule has 0 spiro atoms. The van der Waals surface area contributed by atoms with Crippen LogP contribution in [-0.4, -0.2) is 13.1 Å². The van der Waals surface area contributed by atoms with Crippen molar-refractivity contribution in [1.82, 2.24) is 0 Å². The van der Waals surface area contributed by atoms with Crippen molar-refractivity contribution in [2.45, 2.75) is 12.5 Å². The standard InChI is InChI=1S/C10H11BrFNO2/c1-15-9(14)5-8(13)6-3-2-4-7(12)10(6)11/h2-4,8H,5,13H2,1H3/t8-/m1/s1. The van der Waals surface area contributed by atoms with Gasteiger partial charge in [-0.25, -0.2) is 4.39 Å². The Morgan fingerprint density at radius 3 is 2.93 bits per heavy atom. The van der Waals surface area contributed by atoms with E-state index in [0.29, 0.717) is 10.0 Å². The van der Waals surface area contributed by atoms with Crippen LogP contribution in [0.4, 0.5) is 4.39 Å². The molecule has 0 bridgehead atoms. The molecular weight excluding hydrogens is 265 g/mol. The number of carbonyl (C=O) groups excluding carboxylic acids is 1. The van der Waals surface area contributed by atoms with Gasteiger partial charge in [0, 0.05) is 6.04 Å². The summed E-state index contributed by atoms with van der Waals surface area (Å²) in [4.78, 5) is 11.0. The van der Waals surface area contributed by atoms with Gasteiger partial charge < -0.3 is 10.5 Å². The molecule has 0 unspecified atom stereocenters. The van der Waals surface area contributed by atoms with Gasteiger partial charge in [0.15, 0.2) is 0 Å². The fraction of sp³-hybridized carbons (Fsp3) is 0.300. The highest BCUT2D eigenvalue weighted by atomic mass is 79.9. The zero-order valence-electron chi connectivity index (χ0n) is 8.17. The van der Waals surface area contributed by atoms with Gasteiger partial charge in [-0.2, -0.15) is 0 Å². The molecule has 0 radical (unpaired) electrons. The monoisotopic (exact) mass is 275 g/mol. The number of hydrogen-bond acceptors (Lipinski definition) is 3. The maximum atomic E-state index is 13.1. The van der Waals surface area contributed by atoms with Crippen molar-refractivity contribution < 1.29 is 13.9 Å². The fourth-order valence-corrected chi connectivity index (χ4v) is 1.74. The summed E-state index contributed by atoms with van der Waals surface area (Å²) < 4.78 is 17.9. The van der Waals surface area contributed by atoms with Crippen LogP contribution in [0.15, 0.2) is 22.7 Å². The number of halogens is 2. The number of methoxy groups -OCH3 is 1. The average molecular weight is 276 g/mol. The van der Waals surface area contributed by atoms with Crippen molar-refractivity contribution >= 4 is 21.9 Å². The topological polar surface area (TPSA) is 52.3 Å². The van der Waals surface area contributed by atoms with E-state index in [1.165, 1.54) is 13.2 Å². The molecule has 5 heteroatoms. The van der Waals surface area contributed by atoms with Crippen LogP contribution in [0, 0.1) is 5.82 Å². The van der Waals surface area contributed by atoms with E-state index in [2.05, 4.69) is 20.7 Å². The summed E-state index contributed by atoms with van der Waals surface area (Å²) in [5.74, 6) is -0.813. The van der Waals surface area contributed by atoms with Crippen LogP contribution in [0.1, 0.15) is 18.0 Å². The summed E-state index contributed by atoms with van der Waals surface area (Å²) in [5.41, 5.74) is 6.30. The third kappa shape index (κ3) is 3.00. The van der Waals surface area contributed by atoms with Gasteiger partial charge in [-0.3, -0.25) is 4.79 Å². The molecule has 0 saturated heterocycles. The zero-order valence-corrected chi connectivity index (χ0v) is 9.75. The van der Waals surface area contributed by atoms with Crippen LogP contribution in [0.5, 0.6) is 0 Å². The number of esters is 1. The van der Waals surface area contributed by atoms with Crippen LogP contribution in [0.25, 0.3) is 0 Å². The number of nitrogens with two attached hydrogens (primary N) is 1. The molecule has 0 amide bonds. The Labute approximate surface area is 95.5 Å². The summed E-state index contributed by atoms with van der Waals surface area (Å²) >= 11 is 3.09. The molecule has 82 valence electrons. The zero-order chi connectivity index (χ0) is 11.4. The van der Waals surface area contributed by atoms with Gasteiger partial charge in [0.1, 0.15) is 5.82 Å². The Hall–Kier alpha value is -0.940. The molecule has 1 aromatic rings. The molecule has 1 rings (SSSR count). The average Bonchev–Trinajstić information content (AvgIpc) is 2.21. The van der Waals surface area contributed by atoms with Crippen LogP contribution < -0.4 is 5.73 Å². The first-order valence-corrected chi connectivity index (χ1v) is 5.12. The van der Waals surface area contributed by atoms with Gasteiger partial charge in [-0.05, 0) is 27.6 Å². The molecule has 0 saturated carbocycles. The van der Waals surface area contributed by atoms with Crippen molar-refractivity contribution in [2.24, 2.45) is 5.73 Å². The van der Waals surface area contributed by atoms with Crippen LogP contribution >= 0.6 is 15.9 Å². The SMILES string of the molecule is COC(=O)C[C@@H](N)c1cccc(F)c1Br. The van der Waals surface area contributed by atoms with E-state index in [0.717, 1.165) is 0 Å². The molecule has 0 heterocycles. The largest absolute Gasteiger partial charge is 0.469 e. The Balaban J connectivity index is 2.86. The van der Waals surface area contributed by atoms with E-state index in [-0.39, 0.29) is 6.42 Å². The first-order valence-electron chi connectivity index (χ1n) is 4.32. The Morgan fingerprint density at radius 1 is 1.67 bits per heavy atom. The summed E-state index contributed by atoms with van der Waals surface area (Å²) in [6.07, 6.45) is 0.0263. The maximum Gasteiger partial charge on any atom is 0.307 e. The predicted octanol–water partition coefficient (Wildman–Crippen LogP) is 2.15. The van der Waals surface area contributed by atoms with Crippen molar-refractivity contribution in [3.8, 4) is 0 Å². The van der Waals surface area contributed by atoms with E-state index < -0.39 is 17.8 Å². The first kappa shape index (κ1) is 12.1. The summed E-state index contributed by atoms with van der Waals surface area (Å²) in [7, 11) is 1.29. The highest BCUT2D eigenvalue weighted by molar-refractivity contribution is 9.10. The van der Waals surface area contributed by atoms with E-state index in [4.69, 9.17) is 5.73 Å². The molecule has 1 aromatic carbocycles. The van der Waals surface area contributed by atoms with E-state index in [1.807, 2.05) is 0 Å². The second-order valence-corrected chi connectivity index (χ2v) is 3.82. The molecule has 0 aliphatic rings. The summed E-state index contributed by atoms with van der Waals surface area (Å²) in [6.45, 7) is 0. The Bertz CT molecular complexity index is 370. The molecule has 0 fully saturated rings. The summed E-state index contributed by atoms with van der Waals surface area (Å²) in [5, 5.41) is 0. The highest BCUT2D eigenvalue weighted by Crippen LogP contribution is 2.26. The number of rotatable bonds is 3. The van der Waals surface area contributed by atoms with Gasteiger partial charge in [0.2, 0.25) is 0 Å². The molecule has 2 N–H and O–H groups in total. The normalized spacial score (nSPS) is 12.3. The Kier molecular flexibility index (Phi) is 4.23. The molecule has 0 aliphatic heterocycles. The Morgan fingerprint density at radius 2 is 2.33 bits per heavy atom. The third-order valence-electron chi connectivity index (χ3n) is 2.00. The van der Waals surface area contributed by atoms with Gasteiger partial charge in [0.05, 0.1) is 18.0 Å². The van der Waals surface area contributed by atoms with Gasteiger partial charge in [0.25, 0.3) is 0 Å². The van der Waals surface area contributed by atoms with Crippen molar-refractivity contribution in [3.63, 3.8) is 0 Å². The van der Waals surface area contributed by atoms with E-state index >= 15 is 0 Å².